The molecule has 0 atom stereocenters. The minimum atomic E-state index is -0.674. The number of hydrogen-bond acceptors (Lipinski definition) is 5. The van der Waals surface area contributed by atoms with Crippen LogP contribution < -0.4 is 14.4 Å². The van der Waals surface area contributed by atoms with Gasteiger partial charge in [-0.05, 0) is 68.8 Å². The van der Waals surface area contributed by atoms with E-state index in [1.54, 1.807) is 18.9 Å². The predicted molar refractivity (Wildman–Crippen MR) is 159 cm³/mol. The summed E-state index contributed by atoms with van der Waals surface area (Å²) in [5.74, 6) is 0.706. The fourth-order valence-electron chi connectivity index (χ4n) is 4.63. The van der Waals surface area contributed by atoms with Gasteiger partial charge in [-0.25, -0.2) is 4.79 Å². The van der Waals surface area contributed by atoms with Crippen molar-refractivity contribution in [2.45, 2.75) is 54.3 Å². The maximum Gasteiger partial charge on any atom is 0.357 e. The van der Waals surface area contributed by atoms with Gasteiger partial charge in [0.15, 0.2) is 5.69 Å². The summed E-state index contributed by atoms with van der Waals surface area (Å²) in [6.07, 6.45) is 0.0336. The highest BCUT2D eigenvalue weighted by molar-refractivity contribution is 6.14. The Balaban J connectivity index is 1.93. The van der Waals surface area contributed by atoms with E-state index in [1.165, 1.54) is 0 Å². The average Bonchev–Trinajstić information content (AvgIpc) is 3.26. The highest BCUT2D eigenvalue weighted by Crippen LogP contribution is 2.40. The number of nitrogens with zero attached hydrogens (tertiary/aromatic N) is 2. The fourth-order valence-corrected chi connectivity index (χ4v) is 4.63. The van der Waals surface area contributed by atoms with Crippen LogP contribution in [-0.4, -0.2) is 36.2 Å². The molecule has 0 aliphatic rings. The van der Waals surface area contributed by atoms with Crippen molar-refractivity contribution in [2.24, 2.45) is 5.41 Å². The number of hydrogen-bond donors (Lipinski definition) is 0. The zero-order valence-corrected chi connectivity index (χ0v) is 24.4. The maximum atomic E-state index is 13.6. The van der Waals surface area contributed by atoms with Gasteiger partial charge in [-0.15, -0.1) is 0 Å². The molecule has 0 saturated heterocycles. The van der Waals surface area contributed by atoms with Crippen LogP contribution in [0.25, 0.3) is 16.6 Å². The van der Waals surface area contributed by atoms with E-state index < -0.39 is 11.4 Å². The van der Waals surface area contributed by atoms with E-state index >= 15 is 0 Å². The molecular weight excluding hydrogens is 504 g/mol. The van der Waals surface area contributed by atoms with Gasteiger partial charge in [0.2, 0.25) is 5.91 Å². The molecular formula is C33H38N2O5. The van der Waals surface area contributed by atoms with E-state index in [9.17, 15) is 9.59 Å². The standard InChI is InChI=1S/C33H38N2O5/c1-8-38-31(36)30-29(34(7)32(37)33(4,5)6)27-20-26(39-21-23-12-10-9-11-13-23)18-19-28(27)35(30)24-14-16-25(17-15-24)40-22(2)3/h9-20,22H,8,21H2,1-7H3. The lowest BCUT2D eigenvalue weighted by Crippen LogP contribution is -2.37. The molecule has 0 aliphatic heterocycles. The van der Waals surface area contributed by atoms with Crippen molar-refractivity contribution in [3.63, 3.8) is 0 Å². The topological polar surface area (TPSA) is 70.0 Å². The third kappa shape index (κ3) is 6.14. The molecule has 0 spiro atoms. The number of carbonyl (C=O) groups excluding carboxylic acids is 2. The molecule has 210 valence electrons. The molecule has 3 aromatic carbocycles. The lowest BCUT2D eigenvalue weighted by molar-refractivity contribution is -0.125. The number of esters is 1. The van der Waals surface area contributed by atoms with Crippen LogP contribution in [0.4, 0.5) is 5.69 Å². The zero-order valence-electron chi connectivity index (χ0n) is 24.4. The van der Waals surface area contributed by atoms with Gasteiger partial charge in [0, 0.05) is 23.5 Å². The normalized spacial score (nSPS) is 11.5. The fraction of sp³-hybridized carbons (Fsp3) is 0.333. The molecule has 0 unspecified atom stereocenters. The summed E-state index contributed by atoms with van der Waals surface area (Å²) in [4.78, 5) is 28.7. The van der Waals surface area contributed by atoms with E-state index in [2.05, 4.69) is 0 Å². The van der Waals surface area contributed by atoms with Crippen molar-refractivity contribution < 1.29 is 23.8 Å². The molecule has 4 aromatic rings. The van der Waals surface area contributed by atoms with Gasteiger partial charge in [0.1, 0.15) is 18.1 Å². The highest BCUT2D eigenvalue weighted by atomic mass is 16.5. The molecule has 0 bridgehead atoms. The largest absolute Gasteiger partial charge is 0.491 e. The Morgan fingerprint density at radius 3 is 2.17 bits per heavy atom. The second-order valence-corrected chi connectivity index (χ2v) is 11.0. The molecule has 1 aromatic heterocycles. The minimum absolute atomic E-state index is 0.0336. The number of benzene rings is 3. The number of aromatic nitrogens is 1. The third-order valence-electron chi connectivity index (χ3n) is 6.38. The third-order valence-corrected chi connectivity index (χ3v) is 6.38. The summed E-state index contributed by atoms with van der Waals surface area (Å²) < 4.78 is 19.3. The number of rotatable bonds is 9. The maximum absolute atomic E-state index is 13.6. The number of fused-ring (bicyclic) bond motifs is 1. The molecule has 1 heterocycles. The monoisotopic (exact) mass is 542 g/mol. The van der Waals surface area contributed by atoms with Gasteiger partial charge in [-0.3, -0.25) is 4.79 Å². The Morgan fingerprint density at radius 2 is 1.57 bits per heavy atom. The second kappa shape index (κ2) is 11.9. The SMILES string of the molecule is CCOC(=O)c1c(N(C)C(=O)C(C)(C)C)c2cc(OCc3ccccc3)ccc2n1-c1ccc(OC(C)C)cc1. The van der Waals surface area contributed by atoms with E-state index in [1.807, 2.05) is 112 Å². The average molecular weight is 543 g/mol. The Labute approximate surface area is 236 Å². The lowest BCUT2D eigenvalue weighted by Gasteiger charge is -2.26. The number of ether oxygens (including phenoxy) is 3. The van der Waals surface area contributed by atoms with Crippen LogP contribution in [0.1, 0.15) is 57.6 Å². The first-order valence-electron chi connectivity index (χ1n) is 13.6. The van der Waals surface area contributed by atoms with E-state index in [0.717, 1.165) is 22.5 Å². The van der Waals surface area contributed by atoms with Gasteiger partial charge in [0.25, 0.3) is 0 Å². The van der Waals surface area contributed by atoms with Crippen molar-refractivity contribution in [3.05, 3.63) is 84.1 Å². The summed E-state index contributed by atoms with van der Waals surface area (Å²) in [5.41, 5.74) is 2.60. The molecule has 7 heteroatoms. The van der Waals surface area contributed by atoms with Gasteiger partial charge in [0.05, 0.1) is 23.9 Å². The van der Waals surface area contributed by atoms with Crippen LogP contribution in [0.5, 0.6) is 11.5 Å². The molecule has 4 rings (SSSR count). The van der Waals surface area contributed by atoms with E-state index in [-0.39, 0.29) is 24.3 Å². The minimum Gasteiger partial charge on any atom is -0.491 e. The molecule has 0 radical (unpaired) electrons. The molecule has 40 heavy (non-hydrogen) atoms. The molecule has 0 saturated carbocycles. The van der Waals surface area contributed by atoms with Crippen LogP contribution in [0, 0.1) is 5.41 Å². The molecule has 0 aliphatic carbocycles. The smallest absolute Gasteiger partial charge is 0.357 e. The highest BCUT2D eigenvalue weighted by Gasteiger charge is 2.33. The first-order chi connectivity index (χ1) is 19.0. The van der Waals surface area contributed by atoms with Crippen molar-refractivity contribution in [1.82, 2.24) is 4.57 Å². The molecule has 0 N–H and O–H groups in total. The van der Waals surface area contributed by atoms with Gasteiger partial charge >= 0.3 is 5.97 Å². The van der Waals surface area contributed by atoms with Crippen LogP contribution in [0.15, 0.2) is 72.8 Å². The molecule has 7 nitrogen and oxygen atoms in total. The van der Waals surface area contributed by atoms with Crippen molar-refractivity contribution in [2.75, 3.05) is 18.6 Å². The molecule has 1 amide bonds. The second-order valence-electron chi connectivity index (χ2n) is 11.0. The number of carbonyl (C=O) groups is 2. The summed E-state index contributed by atoms with van der Waals surface area (Å²) in [5, 5.41) is 0.705. The number of amides is 1. The number of anilines is 1. The van der Waals surface area contributed by atoms with Crippen LogP contribution in [0.3, 0.4) is 0 Å². The summed E-state index contributed by atoms with van der Waals surface area (Å²) in [6, 6.07) is 23.1. The van der Waals surface area contributed by atoms with Crippen molar-refractivity contribution in [1.29, 1.82) is 0 Å². The Kier molecular flexibility index (Phi) is 8.52. The Morgan fingerprint density at radius 1 is 0.925 bits per heavy atom. The summed E-state index contributed by atoms with van der Waals surface area (Å²) >= 11 is 0. The van der Waals surface area contributed by atoms with E-state index in [4.69, 9.17) is 14.2 Å². The first kappa shape index (κ1) is 28.7. The van der Waals surface area contributed by atoms with Crippen molar-refractivity contribution >= 4 is 28.5 Å². The summed E-state index contributed by atoms with van der Waals surface area (Å²) in [7, 11) is 1.70. The Hall–Kier alpha value is -4.26. The first-order valence-corrected chi connectivity index (χ1v) is 13.6. The Bertz CT molecular complexity index is 1480. The van der Waals surface area contributed by atoms with Crippen LogP contribution in [-0.2, 0) is 16.1 Å². The van der Waals surface area contributed by atoms with Crippen molar-refractivity contribution in [3.8, 4) is 17.2 Å². The summed E-state index contributed by atoms with van der Waals surface area (Å²) in [6.45, 7) is 11.9. The van der Waals surface area contributed by atoms with Gasteiger partial charge in [-0.2, -0.15) is 0 Å². The van der Waals surface area contributed by atoms with Gasteiger partial charge in [-0.1, -0.05) is 51.1 Å². The quantitative estimate of drug-likeness (QED) is 0.210. The zero-order chi connectivity index (χ0) is 29.0. The van der Waals surface area contributed by atoms with E-state index in [0.29, 0.717) is 23.4 Å². The predicted octanol–water partition coefficient (Wildman–Crippen LogP) is 7.18. The van der Waals surface area contributed by atoms with Crippen LogP contribution >= 0.6 is 0 Å². The van der Waals surface area contributed by atoms with Crippen LogP contribution in [0.2, 0.25) is 0 Å². The van der Waals surface area contributed by atoms with Gasteiger partial charge < -0.3 is 23.7 Å². The molecule has 0 fully saturated rings. The lowest BCUT2D eigenvalue weighted by atomic mass is 9.94.